The van der Waals surface area contributed by atoms with E-state index in [0.717, 1.165) is 10.8 Å². The highest BCUT2D eigenvalue weighted by Gasteiger charge is 2.27. The highest BCUT2D eigenvalue weighted by atomic mass is 19.1. The minimum atomic E-state index is -0.308. The van der Waals surface area contributed by atoms with Crippen LogP contribution in [-0.4, -0.2) is 68.7 Å². The van der Waals surface area contributed by atoms with E-state index in [1.165, 1.54) is 12.1 Å². The van der Waals surface area contributed by atoms with Crippen LogP contribution in [0.25, 0.3) is 16.5 Å². The third-order valence-corrected chi connectivity index (χ3v) is 6.03. The largest absolute Gasteiger partial charge is 0.493 e. The Morgan fingerprint density at radius 3 is 2.53 bits per heavy atom. The number of tetrazole rings is 1. The maximum atomic E-state index is 13.6. The maximum absolute atomic E-state index is 13.6. The molecule has 4 aromatic rings. The van der Waals surface area contributed by atoms with Crippen LogP contribution < -0.4 is 4.74 Å². The molecule has 1 saturated heterocycles. The van der Waals surface area contributed by atoms with Crippen molar-refractivity contribution in [1.29, 1.82) is 0 Å². The van der Waals surface area contributed by atoms with Crippen molar-refractivity contribution in [2.75, 3.05) is 32.8 Å². The Hall–Kier alpha value is -3.85. The predicted octanol–water partition coefficient (Wildman–Crippen LogP) is 3.31. The molecular weight excluding hydrogens is 435 g/mol. The molecule has 1 aromatic heterocycles. The molecule has 5 rings (SSSR count). The van der Waals surface area contributed by atoms with E-state index < -0.39 is 0 Å². The Labute approximate surface area is 196 Å². The third-order valence-electron chi connectivity index (χ3n) is 6.03. The van der Waals surface area contributed by atoms with Crippen molar-refractivity contribution in [1.82, 2.24) is 30.0 Å². The molecule has 0 atom stereocenters. The molecule has 1 aliphatic rings. The van der Waals surface area contributed by atoms with Crippen LogP contribution in [0.15, 0.2) is 60.7 Å². The van der Waals surface area contributed by atoms with Gasteiger partial charge in [-0.15, -0.1) is 5.10 Å². The van der Waals surface area contributed by atoms with Crippen LogP contribution in [0.5, 0.6) is 5.75 Å². The minimum Gasteiger partial charge on any atom is -0.493 e. The average Bonchev–Trinajstić information content (AvgIpc) is 3.32. The molecule has 0 saturated carbocycles. The summed E-state index contributed by atoms with van der Waals surface area (Å²) in [6.45, 7) is 5.51. The first kappa shape index (κ1) is 22.0. The number of hydrogen-bond donors (Lipinski definition) is 0. The number of hydrogen-bond acceptors (Lipinski definition) is 6. The number of aromatic nitrogens is 4. The van der Waals surface area contributed by atoms with E-state index in [-0.39, 0.29) is 11.7 Å². The molecule has 0 spiro atoms. The fourth-order valence-corrected chi connectivity index (χ4v) is 4.30. The Kier molecular flexibility index (Phi) is 6.18. The third kappa shape index (κ3) is 4.34. The number of amides is 1. The summed E-state index contributed by atoms with van der Waals surface area (Å²) in [5.74, 6) is 0.958. The van der Waals surface area contributed by atoms with Crippen molar-refractivity contribution in [2.24, 2.45) is 0 Å². The van der Waals surface area contributed by atoms with E-state index in [4.69, 9.17) is 4.74 Å². The smallest absolute Gasteiger partial charge is 0.258 e. The van der Waals surface area contributed by atoms with Crippen LogP contribution in [0.4, 0.5) is 4.39 Å². The first-order valence-corrected chi connectivity index (χ1v) is 11.3. The molecule has 34 heavy (non-hydrogen) atoms. The van der Waals surface area contributed by atoms with Crippen molar-refractivity contribution in [3.63, 3.8) is 0 Å². The van der Waals surface area contributed by atoms with Crippen LogP contribution in [0.3, 0.4) is 0 Å². The molecule has 0 bridgehead atoms. The summed E-state index contributed by atoms with van der Waals surface area (Å²) in [6, 6.07) is 17.8. The van der Waals surface area contributed by atoms with E-state index in [1.807, 2.05) is 48.2 Å². The summed E-state index contributed by atoms with van der Waals surface area (Å²) in [6.07, 6.45) is 0. The summed E-state index contributed by atoms with van der Waals surface area (Å²) in [5, 5.41) is 13.9. The Morgan fingerprint density at radius 1 is 1.00 bits per heavy atom. The zero-order valence-corrected chi connectivity index (χ0v) is 18.9. The molecule has 1 amide bonds. The van der Waals surface area contributed by atoms with Gasteiger partial charge in [-0.1, -0.05) is 30.3 Å². The highest BCUT2D eigenvalue weighted by Crippen LogP contribution is 2.30. The monoisotopic (exact) mass is 460 g/mol. The topological polar surface area (TPSA) is 76.4 Å². The first-order valence-electron chi connectivity index (χ1n) is 11.3. The average molecular weight is 461 g/mol. The molecule has 1 fully saturated rings. The lowest BCUT2D eigenvalue weighted by atomic mass is 10.0. The molecule has 174 valence electrons. The number of piperazine rings is 1. The molecule has 0 radical (unpaired) electrons. The van der Waals surface area contributed by atoms with Gasteiger partial charge in [0.25, 0.3) is 5.91 Å². The molecule has 8 nitrogen and oxygen atoms in total. The normalized spacial score (nSPS) is 14.5. The fourth-order valence-electron chi connectivity index (χ4n) is 4.30. The standard InChI is InChI=1S/C25H25FN6O2/c1-2-34-22-12-7-18-5-3-4-6-21(18)24(22)25(33)31-15-13-30(14-16-31)17-23-27-28-29-32(23)20-10-8-19(26)9-11-20/h3-12H,2,13-17H2,1H3. The van der Waals surface area contributed by atoms with Gasteiger partial charge >= 0.3 is 0 Å². The molecule has 0 aliphatic carbocycles. The Bertz CT molecular complexity index is 1300. The van der Waals surface area contributed by atoms with Crippen molar-refractivity contribution >= 4 is 16.7 Å². The second-order valence-electron chi connectivity index (χ2n) is 8.14. The van der Waals surface area contributed by atoms with Gasteiger partial charge in [-0.05, 0) is 58.5 Å². The van der Waals surface area contributed by atoms with Crippen molar-refractivity contribution < 1.29 is 13.9 Å². The predicted molar refractivity (Wildman–Crippen MR) is 125 cm³/mol. The van der Waals surface area contributed by atoms with Gasteiger partial charge in [0.15, 0.2) is 5.82 Å². The second-order valence-corrected chi connectivity index (χ2v) is 8.14. The van der Waals surface area contributed by atoms with Crippen molar-refractivity contribution in [3.8, 4) is 11.4 Å². The van der Waals surface area contributed by atoms with E-state index >= 15 is 0 Å². The molecule has 1 aliphatic heterocycles. The summed E-state index contributed by atoms with van der Waals surface area (Å²) in [4.78, 5) is 17.6. The summed E-state index contributed by atoms with van der Waals surface area (Å²) >= 11 is 0. The summed E-state index contributed by atoms with van der Waals surface area (Å²) in [7, 11) is 0. The number of carbonyl (C=O) groups excluding carboxylic acids is 1. The van der Waals surface area contributed by atoms with Crippen molar-refractivity contribution in [2.45, 2.75) is 13.5 Å². The van der Waals surface area contributed by atoms with Crippen LogP contribution in [0, 0.1) is 5.82 Å². The number of halogens is 1. The number of fused-ring (bicyclic) bond motifs is 1. The molecule has 0 unspecified atom stereocenters. The summed E-state index contributed by atoms with van der Waals surface area (Å²) in [5.41, 5.74) is 1.32. The van der Waals surface area contributed by atoms with Gasteiger partial charge in [0.05, 0.1) is 24.4 Å². The van der Waals surface area contributed by atoms with Crippen molar-refractivity contribution in [3.05, 3.63) is 77.9 Å². The number of carbonyl (C=O) groups is 1. The first-order chi connectivity index (χ1) is 16.6. The molecule has 9 heteroatoms. The van der Waals surface area contributed by atoms with Gasteiger partial charge in [0.1, 0.15) is 11.6 Å². The van der Waals surface area contributed by atoms with Crippen LogP contribution in [0.2, 0.25) is 0 Å². The minimum absolute atomic E-state index is 0.0176. The fraction of sp³-hybridized carbons (Fsp3) is 0.280. The van der Waals surface area contributed by atoms with Crippen LogP contribution in [-0.2, 0) is 6.54 Å². The van der Waals surface area contributed by atoms with Gasteiger partial charge in [0, 0.05) is 26.2 Å². The van der Waals surface area contributed by atoms with Gasteiger partial charge in [-0.25, -0.2) is 4.39 Å². The van der Waals surface area contributed by atoms with E-state index in [2.05, 4.69) is 20.4 Å². The van der Waals surface area contributed by atoms with Gasteiger partial charge in [-0.2, -0.15) is 4.68 Å². The zero-order chi connectivity index (χ0) is 23.5. The van der Waals surface area contributed by atoms with Crippen LogP contribution in [0.1, 0.15) is 23.1 Å². The lowest BCUT2D eigenvalue weighted by Crippen LogP contribution is -2.48. The zero-order valence-electron chi connectivity index (χ0n) is 18.9. The SMILES string of the molecule is CCOc1ccc2ccccc2c1C(=O)N1CCN(Cc2nnnn2-c2ccc(F)cc2)CC1. The number of rotatable bonds is 6. The number of nitrogens with zero attached hydrogens (tertiary/aromatic N) is 6. The van der Waals surface area contributed by atoms with Crippen LogP contribution >= 0.6 is 0 Å². The van der Waals surface area contributed by atoms with Gasteiger partial charge in [-0.3, -0.25) is 9.69 Å². The lowest BCUT2D eigenvalue weighted by Gasteiger charge is -2.34. The lowest BCUT2D eigenvalue weighted by molar-refractivity contribution is 0.0622. The second kappa shape index (κ2) is 9.56. The van der Waals surface area contributed by atoms with Gasteiger partial charge in [0.2, 0.25) is 0 Å². The van der Waals surface area contributed by atoms with E-state index in [0.29, 0.717) is 62.2 Å². The number of ether oxygens (including phenoxy) is 1. The maximum Gasteiger partial charge on any atom is 0.258 e. The number of benzene rings is 3. The summed E-state index contributed by atoms with van der Waals surface area (Å²) < 4.78 is 20.7. The molecule has 3 aromatic carbocycles. The highest BCUT2D eigenvalue weighted by molar-refractivity contribution is 6.09. The van der Waals surface area contributed by atoms with Gasteiger partial charge < -0.3 is 9.64 Å². The quantitative estimate of drug-likeness (QED) is 0.440. The van der Waals surface area contributed by atoms with E-state index in [9.17, 15) is 9.18 Å². The molecular formula is C25H25FN6O2. The Balaban J connectivity index is 1.30. The molecule has 2 heterocycles. The molecule has 0 N–H and O–H groups in total. The van der Waals surface area contributed by atoms with E-state index in [1.54, 1.807) is 16.8 Å². The Morgan fingerprint density at radius 2 is 1.76 bits per heavy atom.